The highest BCUT2D eigenvalue weighted by Crippen LogP contribution is 2.12. The van der Waals surface area contributed by atoms with Crippen LogP contribution in [-0.2, 0) is 4.74 Å². The summed E-state index contributed by atoms with van der Waals surface area (Å²) in [5.41, 5.74) is 6.74. The fourth-order valence-corrected chi connectivity index (χ4v) is 0.900. The van der Waals surface area contributed by atoms with Crippen molar-refractivity contribution in [1.29, 1.82) is 0 Å². The number of nitrogens with two attached hydrogens (primary N) is 1. The first kappa shape index (κ1) is 9.09. The molecule has 4 nitrogen and oxygen atoms in total. The molecule has 2 unspecified atom stereocenters. The lowest BCUT2D eigenvalue weighted by Gasteiger charge is -2.17. The Morgan fingerprint density at radius 1 is 1.42 bits per heavy atom. The first-order valence-corrected chi connectivity index (χ1v) is 3.79. The lowest BCUT2D eigenvalue weighted by atomic mass is 10.1. The van der Waals surface area contributed by atoms with Crippen LogP contribution in [0.15, 0.2) is 18.7 Å². The van der Waals surface area contributed by atoms with Crippen molar-refractivity contribution in [2.45, 2.75) is 19.1 Å². The van der Waals surface area contributed by atoms with Gasteiger partial charge in [-0.05, 0) is 6.92 Å². The van der Waals surface area contributed by atoms with E-state index in [2.05, 4.69) is 9.97 Å². The quantitative estimate of drug-likeness (QED) is 0.712. The summed E-state index contributed by atoms with van der Waals surface area (Å²) >= 11 is 0. The second kappa shape index (κ2) is 4.13. The average molecular weight is 167 g/mol. The standard InChI is InChI=1S/C8H13N3O/c1-6(12-2)8(9)7-3-10-5-11-4-7/h3-6,8H,9H2,1-2H3. The molecule has 4 heteroatoms. The Kier molecular flexibility index (Phi) is 3.13. The van der Waals surface area contributed by atoms with Gasteiger partial charge in [0.1, 0.15) is 6.33 Å². The van der Waals surface area contributed by atoms with Gasteiger partial charge in [0.2, 0.25) is 0 Å². The van der Waals surface area contributed by atoms with Crippen molar-refractivity contribution in [3.63, 3.8) is 0 Å². The molecule has 12 heavy (non-hydrogen) atoms. The SMILES string of the molecule is COC(C)C(N)c1cncnc1. The van der Waals surface area contributed by atoms with Crippen molar-refractivity contribution in [3.8, 4) is 0 Å². The van der Waals surface area contributed by atoms with Gasteiger partial charge in [0.15, 0.2) is 0 Å². The van der Waals surface area contributed by atoms with Crippen LogP contribution < -0.4 is 5.73 Å². The molecule has 1 aromatic rings. The highest BCUT2D eigenvalue weighted by Gasteiger charge is 2.13. The highest BCUT2D eigenvalue weighted by atomic mass is 16.5. The summed E-state index contributed by atoms with van der Waals surface area (Å²) in [6.45, 7) is 1.91. The molecule has 0 radical (unpaired) electrons. The number of methoxy groups -OCH3 is 1. The minimum Gasteiger partial charge on any atom is -0.380 e. The van der Waals surface area contributed by atoms with Crippen molar-refractivity contribution >= 4 is 0 Å². The zero-order chi connectivity index (χ0) is 8.97. The number of hydrogen-bond donors (Lipinski definition) is 1. The summed E-state index contributed by atoms with van der Waals surface area (Å²) in [7, 11) is 1.63. The second-order valence-corrected chi connectivity index (χ2v) is 2.64. The molecule has 0 saturated heterocycles. The zero-order valence-electron chi connectivity index (χ0n) is 7.27. The third-order valence-electron chi connectivity index (χ3n) is 1.84. The molecule has 0 aliphatic rings. The minimum absolute atomic E-state index is 0.0176. The number of rotatable bonds is 3. The Morgan fingerprint density at radius 3 is 2.50 bits per heavy atom. The largest absolute Gasteiger partial charge is 0.380 e. The van der Waals surface area contributed by atoms with Gasteiger partial charge in [-0.2, -0.15) is 0 Å². The Balaban J connectivity index is 2.71. The average Bonchev–Trinajstić information content (AvgIpc) is 2.17. The molecule has 2 atom stereocenters. The third-order valence-corrected chi connectivity index (χ3v) is 1.84. The predicted octanol–water partition coefficient (Wildman–Crippen LogP) is 0.511. The van der Waals surface area contributed by atoms with Crippen LogP contribution in [0.4, 0.5) is 0 Å². The van der Waals surface area contributed by atoms with Crippen LogP contribution in [-0.4, -0.2) is 23.2 Å². The fraction of sp³-hybridized carbons (Fsp3) is 0.500. The van der Waals surface area contributed by atoms with Crippen molar-refractivity contribution < 1.29 is 4.74 Å². The van der Waals surface area contributed by atoms with Crippen molar-refractivity contribution in [1.82, 2.24) is 9.97 Å². The first-order valence-electron chi connectivity index (χ1n) is 3.79. The summed E-state index contributed by atoms with van der Waals surface area (Å²) < 4.78 is 5.09. The number of aromatic nitrogens is 2. The topological polar surface area (TPSA) is 61.0 Å². The van der Waals surface area contributed by atoms with Gasteiger partial charge in [0, 0.05) is 25.1 Å². The molecule has 0 aliphatic carbocycles. The summed E-state index contributed by atoms with van der Waals surface area (Å²) in [6.07, 6.45) is 4.87. The van der Waals surface area contributed by atoms with Crippen LogP contribution in [0.1, 0.15) is 18.5 Å². The summed E-state index contributed by atoms with van der Waals surface area (Å²) in [5, 5.41) is 0. The lowest BCUT2D eigenvalue weighted by Crippen LogP contribution is -2.25. The third kappa shape index (κ3) is 1.99. The van der Waals surface area contributed by atoms with E-state index in [1.165, 1.54) is 6.33 Å². The van der Waals surface area contributed by atoms with Crippen molar-refractivity contribution in [2.24, 2.45) is 5.73 Å². The molecule has 66 valence electrons. The molecule has 0 spiro atoms. The van der Waals surface area contributed by atoms with Crippen LogP contribution in [0.2, 0.25) is 0 Å². The van der Waals surface area contributed by atoms with Crippen molar-refractivity contribution in [2.75, 3.05) is 7.11 Å². The van der Waals surface area contributed by atoms with Gasteiger partial charge in [-0.15, -0.1) is 0 Å². The maximum atomic E-state index is 5.84. The normalized spacial score (nSPS) is 15.6. The number of nitrogens with zero attached hydrogens (tertiary/aromatic N) is 2. The number of ether oxygens (including phenoxy) is 1. The monoisotopic (exact) mass is 167 g/mol. The second-order valence-electron chi connectivity index (χ2n) is 2.64. The van der Waals surface area contributed by atoms with Gasteiger partial charge in [0.05, 0.1) is 12.1 Å². The molecule has 0 aliphatic heterocycles. The molecule has 1 heterocycles. The molecule has 0 amide bonds. The molecule has 0 fully saturated rings. The first-order chi connectivity index (χ1) is 5.75. The molecular formula is C8H13N3O. The minimum atomic E-state index is -0.156. The zero-order valence-corrected chi connectivity index (χ0v) is 7.27. The van der Waals surface area contributed by atoms with E-state index >= 15 is 0 Å². The van der Waals surface area contributed by atoms with E-state index in [4.69, 9.17) is 10.5 Å². The molecule has 0 bridgehead atoms. The van der Waals surface area contributed by atoms with E-state index in [0.29, 0.717) is 0 Å². The Morgan fingerprint density at radius 2 is 2.00 bits per heavy atom. The van der Waals surface area contributed by atoms with Crippen LogP contribution in [0.5, 0.6) is 0 Å². The Hall–Kier alpha value is -1.00. The molecule has 1 rings (SSSR count). The molecular weight excluding hydrogens is 154 g/mol. The Labute approximate surface area is 71.8 Å². The fourth-order valence-electron chi connectivity index (χ4n) is 0.900. The summed E-state index contributed by atoms with van der Waals surface area (Å²) in [4.78, 5) is 7.75. The van der Waals surface area contributed by atoms with Gasteiger partial charge in [-0.25, -0.2) is 9.97 Å². The van der Waals surface area contributed by atoms with E-state index in [0.717, 1.165) is 5.56 Å². The molecule has 1 aromatic heterocycles. The van der Waals surface area contributed by atoms with E-state index in [9.17, 15) is 0 Å². The maximum absolute atomic E-state index is 5.84. The van der Waals surface area contributed by atoms with Crippen LogP contribution >= 0.6 is 0 Å². The predicted molar refractivity (Wildman–Crippen MR) is 45.4 cm³/mol. The molecule has 2 N–H and O–H groups in total. The highest BCUT2D eigenvalue weighted by molar-refractivity contribution is 5.09. The molecule has 0 aromatic carbocycles. The van der Waals surface area contributed by atoms with Gasteiger partial charge in [-0.3, -0.25) is 0 Å². The summed E-state index contributed by atoms with van der Waals surface area (Å²) in [5.74, 6) is 0. The van der Waals surface area contributed by atoms with E-state index in [1.54, 1.807) is 19.5 Å². The smallest absolute Gasteiger partial charge is 0.115 e. The maximum Gasteiger partial charge on any atom is 0.115 e. The summed E-state index contributed by atoms with van der Waals surface area (Å²) in [6, 6.07) is -0.156. The van der Waals surface area contributed by atoms with E-state index < -0.39 is 0 Å². The van der Waals surface area contributed by atoms with Gasteiger partial charge in [0.25, 0.3) is 0 Å². The van der Waals surface area contributed by atoms with Gasteiger partial charge < -0.3 is 10.5 Å². The van der Waals surface area contributed by atoms with Gasteiger partial charge >= 0.3 is 0 Å². The lowest BCUT2D eigenvalue weighted by molar-refractivity contribution is 0.0954. The van der Waals surface area contributed by atoms with Crippen LogP contribution in [0.25, 0.3) is 0 Å². The van der Waals surface area contributed by atoms with Crippen molar-refractivity contribution in [3.05, 3.63) is 24.3 Å². The van der Waals surface area contributed by atoms with Gasteiger partial charge in [-0.1, -0.05) is 0 Å². The Bertz CT molecular complexity index is 227. The van der Waals surface area contributed by atoms with Crippen LogP contribution in [0.3, 0.4) is 0 Å². The number of hydrogen-bond acceptors (Lipinski definition) is 4. The molecule has 0 saturated carbocycles. The van der Waals surface area contributed by atoms with Crippen LogP contribution in [0, 0.1) is 0 Å². The van der Waals surface area contributed by atoms with E-state index in [-0.39, 0.29) is 12.1 Å². The van der Waals surface area contributed by atoms with E-state index in [1.807, 2.05) is 6.92 Å².